The Hall–Kier alpha value is -4.06. The third-order valence-corrected chi connectivity index (χ3v) is 6.36. The highest BCUT2D eigenvalue weighted by atomic mass is 16.5. The van der Waals surface area contributed by atoms with Crippen LogP contribution in [0.1, 0.15) is 37.7 Å². The minimum atomic E-state index is -0.657. The fourth-order valence-electron chi connectivity index (χ4n) is 4.41. The van der Waals surface area contributed by atoms with E-state index in [1.165, 1.54) is 0 Å². The summed E-state index contributed by atoms with van der Waals surface area (Å²) in [4.78, 5) is 33.8. The number of nitriles is 1. The maximum Gasteiger partial charge on any atom is 0.247 e. The lowest BCUT2D eigenvalue weighted by atomic mass is 10.1. The van der Waals surface area contributed by atoms with Crippen molar-refractivity contribution >= 4 is 23.5 Å². The summed E-state index contributed by atoms with van der Waals surface area (Å²) >= 11 is 0. The summed E-state index contributed by atoms with van der Waals surface area (Å²) in [5, 5.41) is 14.9. The molecule has 0 bridgehead atoms. The molecule has 9 heteroatoms. The van der Waals surface area contributed by atoms with Crippen molar-refractivity contribution in [2.75, 3.05) is 31.5 Å². The van der Waals surface area contributed by atoms with E-state index in [4.69, 9.17) is 4.74 Å². The number of amides is 2. The van der Waals surface area contributed by atoms with Gasteiger partial charge in [0.15, 0.2) is 6.19 Å². The second-order valence-electron chi connectivity index (χ2n) is 9.00. The lowest BCUT2D eigenvalue weighted by Crippen LogP contribution is -2.45. The van der Waals surface area contributed by atoms with Crippen molar-refractivity contribution in [2.24, 2.45) is 4.99 Å². The monoisotopic (exact) mass is 488 g/mol. The van der Waals surface area contributed by atoms with Crippen molar-refractivity contribution in [1.29, 1.82) is 5.26 Å². The Balaban J connectivity index is 1.38. The van der Waals surface area contributed by atoms with Crippen LogP contribution in [0.15, 0.2) is 59.6 Å². The van der Waals surface area contributed by atoms with Crippen LogP contribution in [-0.2, 0) is 16.2 Å². The van der Waals surface area contributed by atoms with Gasteiger partial charge in [-0.15, -0.1) is 0 Å². The summed E-state index contributed by atoms with van der Waals surface area (Å²) in [5.74, 6) is 0.729. The van der Waals surface area contributed by atoms with Gasteiger partial charge >= 0.3 is 0 Å². The molecule has 2 aliphatic heterocycles. The number of nitrogens with zero attached hydrogens (tertiary/aromatic N) is 4. The first-order chi connectivity index (χ1) is 17.6. The smallest absolute Gasteiger partial charge is 0.247 e. The Morgan fingerprint density at radius 3 is 2.47 bits per heavy atom. The topological polar surface area (TPSA) is 110 Å². The van der Waals surface area contributed by atoms with E-state index in [1.54, 1.807) is 4.90 Å². The second-order valence-corrected chi connectivity index (χ2v) is 9.00. The SMILES string of the molecule is N#CNC(=NC1CCCCN(CC(=O)N2CCCC2)C1=O)Nc1ccc(OCc2ccccc2)cc1. The van der Waals surface area contributed by atoms with E-state index in [9.17, 15) is 14.9 Å². The highest BCUT2D eigenvalue weighted by Gasteiger charge is 2.30. The van der Waals surface area contributed by atoms with Gasteiger partial charge in [0.25, 0.3) is 0 Å². The summed E-state index contributed by atoms with van der Waals surface area (Å²) in [6, 6.07) is 16.6. The standard InChI is InChI=1S/C27H32N6O3/c28-20-29-27(30-22-11-13-23(14-12-22)36-19-21-8-2-1-3-9-21)31-24-10-4-5-17-33(26(24)35)18-25(34)32-15-6-7-16-32/h1-3,8-9,11-14,24H,4-7,10,15-19H2,(H2,29,30,31). The summed E-state index contributed by atoms with van der Waals surface area (Å²) in [7, 11) is 0. The number of nitrogens with one attached hydrogen (secondary N) is 2. The number of ether oxygens (including phenoxy) is 1. The molecular weight excluding hydrogens is 456 g/mol. The number of hydrogen-bond acceptors (Lipinski definition) is 5. The van der Waals surface area contributed by atoms with E-state index >= 15 is 0 Å². The van der Waals surface area contributed by atoms with Crippen molar-refractivity contribution in [2.45, 2.75) is 44.8 Å². The Kier molecular flexibility index (Phi) is 8.76. The van der Waals surface area contributed by atoms with Gasteiger partial charge in [-0.2, -0.15) is 5.26 Å². The molecule has 1 atom stereocenters. The molecule has 1 unspecified atom stereocenters. The number of aliphatic imine (C=N–C) groups is 1. The van der Waals surface area contributed by atoms with Crippen LogP contribution in [0.25, 0.3) is 0 Å². The van der Waals surface area contributed by atoms with E-state index in [1.807, 2.05) is 65.7 Å². The van der Waals surface area contributed by atoms with E-state index in [0.29, 0.717) is 31.0 Å². The molecule has 2 N–H and O–H groups in total. The second kappa shape index (κ2) is 12.6. The molecule has 188 valence electrons. The molecule has 0 radical (unpaired) electrons. The molecule has 0 spiro atoms. The van der Waals surface area contributed by atoms with Gasteiger partial charge in [0.1, 0.15) is 18.4 Å². The number of anilines is 1. The van der Waals surface area contributed by atoms with Gasteiger partial charge in [-0.25, -0.2) is 4.99 Å². The lowest BCUT2D eigenvalue weighted by Gasteiger charge is -2.25. The quantitative estimate of drug-likeness (QED) is 0.268. The van der Waals surface area contributed by atoms with Crippen LogP contribution in [0, 0.1) is 11.5 Å². The highest BCUT2D eigenvalue weighted by Crippen LogP contribution is 2.19. The molecule has 0 aromatic heterocycles. The van der Waals surface area contributed by atoms with Gasteiger partial charge < -0.3 is 19.9 Å². The van der Waals surface area contributed by atoms with Crippen LogP contribution in [0.2, 0.25) is 0 Å². The Bertz CT molecular complexity index is 1090. The van der Waals surface area contributed by atoms with E-state index < -0.39 is 6.04 Å². The van der Waals surface area contributed by atoms with Crippen molar-refractivity contribution in [3.05, 3.63) is 60.2 Å². The van der Waals surface area contributed by atoms with Gasteiger partial charge in [0, 0.05) is 25.3 Å². The van der Waals surface area contributed by atoms with Gasteiger partial charge in [0.2, 0.25) is 17.8 Å². The first kappa shape index (κ1) is 25.0. The molecule has 2 aromatic carbocycles. The Morgan fingerprint density at radius 1 is 1.03 bits per heavy atom. The molecular formula is C27H32N6O3. The van der Waals surface area contributed by atoms with Crippen LogP contribution in [-0.4, -0.2) is 59.8 Å². The van der Waals surface area contributed by atoms with Crippen molar-refractivity contribution in [1.82, 2.24) is 15.1 Å². The number of carbonyl (C=O) groups is 2. The maximum absolute atomic E-state index is 13.2. The number of rotatable bonds is 7. The van der Waals surface area contributed by atoms with Crippen LogP contribution in [0.4, 0.5) is 5.69 Å². The van der Waals surface area contributed by atoms with Crippen molar-refractivity contribution in [3.63, 3.8) is 0 Å². The third kappa shape index (κ3) is 6.98. The fraction of sp³-hybridized carbons (Fsp3) is 0.407. The van der Waals surface area contributed by atoms with Crippen LogP contribution in [0.5, 0.6) is 5.75 Å². The van der Waals surface area contributed by atoms with Gasteiger partial charge in [-0.3, -0.25) is 14.9 Å². The zero-order valence-electron chi connectivity index (χ0n) is 20.4. The van der Waals surface area contributed by atoms with Crippen LogP contribution < -0.4 is 15.4 Å². The lowest BCUT2D eigenvalue weighted by molar-refractivity contribution is -0.140. The summed E-state index contributed by atoms with van der Waals surface area (Å²) in [5.41, 5.74) is 1.78. The predicted octanol–water partition coefficient (Wildman–Crippen LogP) is 3.11. The first-order valence-electron chi connectivity index (χ1n) is 12.5. The summed E-state index contributed by atoms with van der Waals surface area (Å²) in [6.45, 7) is 2.63. The Morgan fingerprint density at radius 2 is 1.75 bits per heavy atom. The summed E-state index contributed by atoms with van der Waals surface area (Å²) in [6.07, 6.45) is 6.13. The molecule has 36 heavy (non-hydrogen) atoms. The third-order valence-electron chi connectivity index (χ3n) is 6.36. The van der Waals surface area contributed by atoms with E-state index in [0.717, 1.165) is 44.3 Å². The number of likely N-dealkylation sites (tertiary alicyclic amines) is 2. The largest absolute Gasteiger partial charge is 0.489 e. The number of hydrogen-bond donors (Lipinski definition) is 2. The Labute approximate surface area is 211 Å². The number of guanidine groups is 1. The number of benzene rings is 2. The molecule has 9 nitrogen and oxygen atoms in total. The fourth-order valence-corrected chi connectivity index (χ4v) is 4.41. The molecule has 2 heterocycles. The molecule has 0 aliphatic carbocycles. The minimum Gasteiger partial charge on any atom is -0.489 e. The minimum absolute atomic E-state index is 0.00597. The number of carbonyl (C=O) groups excluding carboxylic acids is 2. The average molecular weight is 489 g/mol. The molecule has 4 rings (SSSR count). The van der Waals surface area contributed by atoms with Crippen molar-refractivity contribution < 1.29 is 14.3 Å². The van der Waals surface area contributed by atoms with Crippen LogP contribution in [0.3, 0.4) is 0 Å². The zero-order chi connectivity index (χ0) is 25.2. The van der Waals surface area contributed by atoms with Gasteiger partial charge in [-0.05, 0) is 61.9 Å². The normalized spacial score (nSPS) is 18.4. The van der Waals surface area contributed by atoms with E-state index in [-0.39, 0.29) is 24.3 Å². The van der Waals surface area contributed by atoms with Crippen LogP contribution >= 0.6 is 0 Å². The van der Waals surface area contributed by atoms with Crippen molar-refractivity contribution in [3.8, 4) is 11.9 Å². The molecule has 2 fully saturated rings. The molecule has 2 saturated heterocycles. The molecule has 2 aromatic rings. The highest BCUT2D eigenvalue weighted by molar-refractivity contribution is 5.97. The zero-order valence-corrected chi connectivity index (χ0v) is 20.4. The maximum atomic E-state index is 13.2. The van der Waals surface area contributed by atoms with Gasteiger partial charge in [0.05, 0.1) is 6.54 Å². The molecule has 2 amide bonds. The first-order valence-corrected chi connectivity index (χ1v) is 12.5. The average Bonchev–Trinajstić information content (AvgIpc) is 3.39. The van der Waals surface area contributed by atoms with E-state index in [2.05, 4.69) is 15.6 Å². The molecule has 0 saturated carbocycles. The predicted molar refractivity (Wildman–Crippen MR) is 137 cm³/mol. The molecule has 2 aliphatic rings. The van der Waals surface area contributed by atoms with Gasteiger partial charge in [-0.1, -0.05) is 30.3 Å². The summed E-state index contributed by atoms with van der Waals surface area (Å²) < 4.78 is 5.82.